The lowest BCUT2D eigenvalue weighted by Gasteiger charge is -2.10. The normalized spacial score (nSPS) is 10.0. The number of thioether (sulfide) groups is 1. The second-order valence-corrected chi connectivity index (χ2v) is 5.49. The van der Waals surface area contributed by atoms with Gasteiger partial charge in [-0.2, -0.15) is 0 Å². The molecule has 0 saturated heterocycles. The van der Waals surface area contributed by atoms with Gasteiger partial charge in [0.2, 0.25) is 5.91 Å². The molecule has 0 radical (unpaired) electrons. The zero-order valence-electron chi connectivity index (χ0n) is 11.9. The summed E-state index contributed by atoms with van der Waals surface area (Å²) in [6, 6.07) is 9.70. The van der Waals surface area contributed by atoms with Gasteiger partial charge in [-0.25, -0.2) is 0 Å². The standard InChI is InChI=1S/C13H16N6OS2/c1-2-14-12(21)17-16-11(20)8-22-13-18-15-9-19(13)10-6-4-3-5-7-10/h3-7,9H,2,8H2,1H3,(H,16,20)(H2,14,17,21). The highest BCUT2D eigenvalue weighted by Crippen LogP contribution is 2.18. The Bertz CT molecular complexity index is 630. The number of aromatic nitrogens is 3. The molecular weight excluding hydrogens is 320 g/mol. The average molecular weight is 336 g/mol. The number of benzene rings is 1. The van der Waals surface area contributed by atoms with Crippen molar-refractivity contribution in [1.82, 2.24) is 30.9 Å². The largest absolute Gasteiger partial charge is 0.362 e. The fraction of sp³-hybridized carbons (Fsp3) is 0.231. The predicted molar refractivity (Wildman–Crippen MR) is 89.6 cm³/mol. The SMILES string of the molecule is CCNC(=S)NNC(=O)CSc1nncn1-c1ccccc1. The molecule has 0 spiro atoms. The Balaban J connectivity index is 1.86. The summed E-state index contributed by atoms with van der Waals surface area (Å²) >= 11 is 6.25. The molecule has 0 fully saturated rings. The molecule has 0 bridgehead atoms. The van der Waals surface area contributed by atoms with Crippen LogP contribution < -0.4 is 16.2 Å². The number of hydrogen-bond donors (Lipinski definition) is 3. The molecule has 0 saturated carbocycles. The molecular formula is C13H16N6OS2. The highest BCUT2D eigenvalue weighted by Gasteiger charge is 2.10. The number of para-hydroxylation sites is 1. The van der Waals surface area contributed by atoms with Crippen LogP contribution in [0.25, 0.3) is 5.69 Å². The van der Waals surface area contributed by atoms with E-state index in [4.69, 9.17) is 12.2 Å². The highest BCUT2D eigenvalue weighted by molar-refractivity contribution is 7.99. The van der Waals surface area contributed by atoms with Crippen LogP contribution in [-0.4, -0.2) is 38.1 Å². The highest BCUT2D eigenvalue weighted by atomic mass is 32.2. The number of rotatable bonds is 5. The van der Waals surface area contributed by atoms with Crippen LogP contribution in [0.1, 0.15) is 6.92 Å². The smallest absolute Gasteiger partial charge is 0.248 e. The molecule has 1 aromatic heterocycles. The third-order valence-corrected chi connectivity index (χ3v) is 3.73. The van der Waals surface area contributed by atoms with Gasteiger partial charge >= 0.3 is 0 Å². The molecule has 0 aliphatic rings. The van der Waals surface area contributed by atoms with E-state index in [-0.39, 0.29) is 11.7 Å². The monoisotopic (exact) mass is 336 g/mol. The Labute approximate surface area is 137 Å². The number of amides is 1. The lowest BCUT2D eigenvalue weighted by molar-refractivity contribution is -0.119. The number of hydrazine groups is 1. The van der Waals surface area contributed by atoms with Crippen molar-refractivity contribution in [1.29, 1.82) is 0 Å². The van der Waals surface area contributed by atoms with Crippen molar-refractivity contribution in [3.63, 3.8) is 0 Å². The summed E-state index contributed by atoms with van der Waals surface area (Å²) < 4.78 is 1.83. The van der Waals surface area contributed by atoms with E-state index < -0.39 is 0 Å². The lowest BCUT2D eigenvalue weighted by atomic mass is 10.3. The summed E-state index contributed by atoms with van der Waals surface area (Å²) in [6.07, 6.45) is 1.62. The van der Waals surface area contributed by atoms with Gasteiger partial charge in [-0.15, -0.1) is 10.2 Å². The summed E-state index contributed by atoms with van der Waals surface area (Å²) in [7, 11) is 0. The minimum atomic E-state index is -0.201. The maximum Gasteiger partial charge on any atom is 0.248 e. The molecule has 22 heavy (non-hydrogen) atoms. The number of nitrogens with zero attached hydrogens (tertiary/aromatic N) is 3. The van der Waals surface area contributed by atoms with Gasteiger partial charge in [0.25, 0.3) is 0 Å². The number of carbonyl (C=O) groups excluding carboxylic acids is 1. The van der Waals surface area contributed by atoms with Crippen LogP contribution in [0.5, 0.6) is 0 Å². The van der Waals surface area contributed by atoms with Crippen LogP contribution in [0.4, 0.5) is 0 Å². The summed E-state index contributed by atoms with van der Waals surface area (Å²) in [6.45, 7) is 2.61. The van der Waals surface area contributed by atoms with Crippen LogP contribution in [0.15, 0.2) is 41.8 Å². The quantitative estimate of drug-likeness (QED) is 0.424. The van der Waals surface area contributed by atoms with Crippen LogP contribution in [-0.2, 0) is 4.79 Å². The van der Waals surface area contributed by atoms with Crippen molar-refractivity contribution in [2.45, 2.75) is 12.1 Å². The van der Waals surface area contributed by atoms with Crippen molar-refractivity contribution < 1.29 is 4.79 Å². The first kappa shape index (κ1) is 16.2. The van der Waals surface area contributed by atoms with E-state index in [0.29, 0.717) is 16.8 Å². The van der Waals surface area contributed by atoms with Gasteiger partial charge in [0.1, 0.15) is 6.33 Å². The second-order valence-electron chi connectivity index (χ2n) is 4.14. The maximum atomic E-state index is 11.8. The van der Waals surface area contributed by atoms with Crippen LogP contribution in [0.2, 0.25) is 0 Å². The van der Waals surface area contributed by atoms with Gasteiger partial charge in [-0.1, -0.05) is 30.0 Å². The number of thiocarbonyl (C=S) groups is 1. The van der Waals surface area contributed by atoms with Crippen molar-refractivity contribution >= 4 is 35.0 Å². The molecule has 116 valence electrons. The van der Waals surface area contributed by atoms with Gasteiger partial charge < -0.3 is 5.32 Å². The Kier molecular flexibility index (Phi) is 6.16. The van der Waals surface area contributed by atoms with Crippen LogP contribution in [0.3, 0.4) is 0 Å². The van der Waals surface area contributed by atoms with E-state index in [9.17, 15) is 4.79 Å². The first-order valence-corrected chi connectivity index (χ1v) is 8.01. The molecule has 0 aliphatic carbocycles. The third-order valence-electron chi connectivity index (χ3n) is 2.54. The van der Waals surface area contributed by atoms with E-state index in [2.05, 4.69) is 26.4 Å². The maximum absolute atomic E-state index is 11.8. The summed E-state index contributed by atoms with van der Waals surface area (Å²) in [4.78, 5) is 11.8. The fourth-order valence-corrected chi connectivity index (χ4v) is 2.51. The summed E-state index contributed by atoms with van der Waals surface area (Å²) in [5.74, 6) is 0.000601. The Morgan fingerprint density at radius 3 is 2.82 bits per heavy atom. The molecule has 0 unspecified atom stereocenters. The summed E-state index contributed by atoms with van der Waals surface area (Å²) in [5.41, 5.74) is 6.09. The fourth-order valence-electron chi connectivity index (χ4n) is 1.59. The lowest BCUT2D eigenvalue weighted by Crippen LogP contribution is -2.47. The zero-order chi connectivity index (χ0) is 15.8. The van der Waals surface area contributed by atoms with Gasteiger partial charge in [0, 0.05) is 12.2 Å². The molecule has 7 nitrogen and oxygen atoms in total. The van der Waals surface area contributed by atoms with E-state index in [1.165, 1.54) is 11.8 Å². The molecule has 0 atom stereocenters. The van der Waals surface area contributed by atoms with Crippen molar-refractivity contribution in [2.75, 3.05) is 12.3 Å². The van der Waals surface area contributed by atoms with Crippen molar-refractivity contribution in [2.24, 2.45) is 0 Å². The van der Waals surface area contributed by atoms with E-state index >= 15 is 0 Å². The van der Waals surface area contributed by atoms with Gasteiger partial charge in [0.15, 0.2) is 10.3 Å². The predicted octanol–water partition coefficient (Wildman–Crippen LogP) is 0.875. The Morgan fingerprint density at radius 1 is 1.32 bits per heavy atom. The zero-order valence-corrected chi connectivity index (χ0v) is 13.6. The number of hydrogen-bond acceptors (Lipinski definition) is 5. The molecule has 2 rings (SSSR count). The van der Waals surface area contributed by atoms with Gasteiger partial charge in [-0.3, -0.25) is 20.2 Å². The second kappa shape index (κ2) is 8.35. The van der Waals surface area contributed by atoms with E-state index in [0.717, 1.165) is 5.69 Å². The van der Waals surface area contributed by atoms with E-state index in [1.807, 2.05) is 41.8 Å². The van der Waals surface area contributed by atoms with Gasteiger partial charge in [-0.05, 0) is 31.3 Å². The summed E-state index contributed by atoms with van der Waals surface area (Å²) in [5, 5.41) is 11.8. The van der Waals surface area contributed by atoms with Crippen LogP contribution in [0, 0.1) is 0 Å². The molecule has 1 heterocycles. The average Bonchev–Trinajstić information content (AvgIpc) is 3.00. The molecule has 2 aromatic rings. The third kappa shape index (κ3) is 4.71. The molecule has 9 heteroatoms. The number of nitrogens with one attached hydrogen (secondary N) is 3. The molecule has 3 N–H and O–H groups in total. The molecule has 1 amide bonds. The Hall–Kier alpha value is -2.13. The Morgan fingerprint density at radius 2 is 2.09 bits per heavy atom. The molecule has 0 aliphatic heterocycles. The van der Waals surface area contributed by atoms with Gasteiger partial charge in [0.05, 0.1) is 5.75 Å². The van der Waals surface area contributed by atoms with Crippen molar-refractivity contribution in [3.8, 4) is 5.69 Å². The molecule has 1 aromatic carbocycles. The first-order chi connectivity index (χ1) is 10.7. The minimum absolute atomic E-state index is 0.201. The van der Waals surface area contributed by atoms with Crippen molar-refractivity contribution in [3.05, 3.63) is 36.7 Å². The van der Waals surface area contributed by atoms with E-state index in [1.54, 1.807) is 6.33 Å². The minimum Gasteiger partial charge on any atom is -0.362 e. The number of carbonyl (C=O) groups is 1. The topological polar surface area (TPSA) is 83.9 Å². The van der Waals surface area contributed by atoms with Crippen LogP contribution >= 0.6 is 24.0 Å². The first-order valence-electron chi connectivity index (χ1n) is 6.61.